The Kier molecular flexibility index (Phi) is 18.1. The van der Waals surface area contributed by atoms with Crippen molar-refractivity contribution in [1.82, 2.24) is 0 Å². The molecule has 5 aliphatic heterocycles. The van der Waals surface area contributed by atoms with Crippen LogP contribution in [0.25, 0.3) is 0 Å². The molecule has 9 rings (SSSR count). The summed E-state index contributed by atoms with van der Waals surface area (Å²) >= 11 is 0. The number of ether oxygens (including phenoxy) is 10. The topological polar surface area (TPSA) is 355 Å². The van der Waals surface area contributed by atoms with E-state index in [1.807, 2.05) is 6.92 Å². The molecule has 4 saturated carbocycles. The van der Waals surface area contributed by atoms with Crippen LogP contribution in [-0.4, -0.2) is 241 Å². The van der Waals surface area contributed by atoms with Crippen molar-refractivity contribution in [2.45, 2.75) is 240 Å². The van der Waals surface area contributed by atoms with E-state index in [4.69, 9.17) is 47.4 Å². The van der Waals surface area contributed by atoms with Gasteiger partial charge in [-0.1, -0.05) is 27.7 Å². The Labute approximate surface area is 438 Å². The predicted octanol–water partition coefficient (Wildman–Crippen LogP) is -2.27. The van der Waals surface area contributed by atoms with Gasteiger partial charge >= 0.3 is 0 Å². The number of aliphatic hydroxyl groups excluding tert-OH is 13. The third-order valence-electron chi connectivity index (χ3n) is 20.4. The standard InChI is InChI=1S/C52H88O23/c1-21(20-67-46-40(62)38(60)35(57)30(17-53)70-46)9-14-52(66-6)22(2)33-29(75-52)16-28-26-8-7-24-15-25(10-12-50(24,4)27(26)11-13-51(28,33)5)69-49-45(74-48-42(64)39(61)36(58)31(18-54)71-48)43(65)44(32(19-55)72-49)73-47-41(63)37(59)34(56)23(3)68-47/h21-49,53-65H,7-20H2,1-6H3/t21-,22-,23-,24+,25-,26+,27-,28-,29-,30+,31+,32+,33-,34-,35+,36+,37+,38-,39-,40+,41+,42+,43-,44+,45+,46+,47-,48-,49+,50-,51-,52+/m0/s1. The summed E-state index contributed by atoms with van der Waals surface area (Å²) in [4.78, 5) is 0. The number of methoxy groups -OCH3 is 1. The lowest BCUT2D eigenvalue weighted by Crippen LogP contribution is -2.67. The van der Waals surface area contributed by atoms with Crippen molar-refractivity contribution in [3.8, 4) is 0 Å². The smallest absolute Gasteiger partial charge is 0.187 e. The van der Waals surface area contributed by atoms with E-state index < -0.39 is 155 Å². The van der Waals surface area contributed by atoms with Gasteiger partial charge in [-0.05, 0) is 111 Å². The average Bonchev–Trinajstić information content (AvgIpc) is 3.86. The van der Waals surface area contributed by atoms with Crippen LogP contribution in [0.2, 0.25) is 0 Å². The molecule has 75 heavy (non-hydrogen) atoms. The Morgan fingerprint density at radius 3 is 1.77 bits per heavy atom. The van der Waals surface area contributed by atoms with Crippen molar-refractivity contribution in [2.24, 2.45) is 52.3 Å². The zero-order valence-corrected chi connectivity index (χ0v) is 44.0. The van der Waals surface area contributed by atoms with Crippen LogP contribution in [0.4, 0.5) is 0 Å². The maximum Gasteiger partial charge on any atom is 0.187 e. The Morgan fingerprint density at radius 2 is 1.13 bits per heavy atom. The van der Waals surface area contributed by atoms with E-state index in [2.05, 4.69) is 20.8 Å². The van der Waals surface area contributed by atoms with Crippen LogP contribution in [-0.2, 0) is 47.4 Å². The van der Waals surface area contributed by atoms with Crippen LogP contribution in [0.15, 0.2) is 0 Å². The number of rotatable bonds is 16. The molecule has 5 saturated heterocycles. The summed E-state index contributed by atoms with van der Waals surface area (Å²) in [5, 5.41) is 137. The third-order valence-corrected chi connectivity index (χ3v) is 20.4. The molecule has 0 amide bonds. The molecule has 5 heterocycles. The summed E-state index contributed by atoms with van der Waals surface area (Å²) in [6, 6.07) is 0. The molecule has 0 spiro atoms. The third kappa shape index (κ3) is 10.5. The van der Waals surface area contributed by atoms with E-state index in [-0.39, 0.29) is 41.3 Å². The highest BCUT2D eigenvalue weighted by Gasteiger charge is 2.69. The lowest BCUT2D eigenvalue weighted by molar-refractivity contribution is -0.391. The maximum absolute atomic E-state index is 12.1. The molecular formula is C52H88O23. The lowest BCUT2D eigenvalue weighted by atomic mass is 9.44. The fourth-order valence-electron chi connectivity index (χ4n) is 15.9. The average molecular weight is 1080 g/mol. The first kappa shape index (κ1) is 58.7. The van der Waals surface area contributed by atoms with Crippen LogP contribution in [0.1, 0.15) is 98.8 Å². The van der Waals surface area contributed by atoms with Crippen LogP contribution in [0.5, 0.6) is 0 Å². The van der Waals surface area contributed by atoms with Gasteiger partial charge in [-0.15, -0.1) is 0 Å². The first-order chi connectivity index (χ1) is 35.6. The fourth-order valence-corrected chi connectivity index (χ4v) is 15.9. The van der Waals surface area contributed by atoms with Gasteiger partial charge in [0.25, 0.3) is 0 Å². The molecule has 23 heteroatoms. The van der Waals surface area contributed by atoms with E-state index in [1.54, 1.807) is 7.11 Å². The Bertz CT molecular complexity index is 1870. The molecule has 0 bridgehead atoms. The van der Waals surface area contributed by atoms with Gasteiger partial charge in [0.05, 0.1) is 44.7 Å². The fraction of sp³-hybridized carbons (Fsp3) is 1.00. The van der Waals surface area contributed by atoms with Crippen molar-refractivity contribution in [3.05, 3.63) is 0 Å². The Balaban J connectivity index is 0.842. The monoisotopic (exact) mass is 1080 g/mol. The van der Waals surface area contributed by atoms with Gasteiger partial charge in [-0.25, -0.2) is 0 Å². The van der Waals surface area contributed by atoms with Crippen LogP contribution in [0, 0.1) is 52.3 Å². The summed E-state index contributed by atoms with van der Waals surface area (Å²) in [5.41, 5.74) is 0.0353. The molecule has 23 nitrogen and oxygen atoms in total. The first-order valence-electron chi connectivity index (χ1n) is 27.6. The van der Waals surface area contributed by atoms with Crippen molar-refractivity contribution < 1.29 is 114 Å². The largest absolute Gasteiger partial charge is 0.394 e. The van der Waals surface area contributed by atoms with Crippen molar-refractivity contribution in [3.63, 3.8) is 0 Å². The SMILES string of the molecule is CO[C@]1(CC[C@H](C)CO[C@@H]2O[C@H](CO)[C@@H](O)[C@H](O)[C@H]2O)O[C@H]2C[C@H]3[C@@H]4CC[C@@H]5C[C@@H](O[C@@H]6O[C@H](CO)[C@@H](O[C@@H]7O[C@@H](C)[C@H](O)[C@@H](O)[C@H]7O)[C@H](O)[C@H]6O[C@@H]6O[C@H](CO)[C@@H](O)[C@H](O)[C@H]6O)CC[C@]5(C)[C@H]4CC[C@]3(C)[C@H]2[C@@H]1C. The van der Waals surface area contributed by atoms with Gasteiger partial charge in [0.15, 0.2) is 30.9 Å². The molecule has 32 atom stereocenters. The van der Waals surface area contributed by atoms with Gasteiger partial charge in [0.1, 0.15) is 91.6 Å². The van der Waals surface area contributed by atoms with E-state index in [9.17, 15) is 66.4 Å². The summed E-state index contributed by atoms with van der Waals surface area (Å²) in [5.74, 6) is 1.31. The highest BCUT2D eigenvalue weighted by molar-refractivity contribution is 5.15. The van der Waals surface area contributed by atoms with Gasteiger partial charge < -0.3 is 114 Å². The minimum Gasteiger partial charge on any atom is -0.394 e. The minimum atomic E-state index is -1.84. The molecule has 13 N–H and O–H groups in total. The molecule has 0 aromatic carbocycles. The van der Waals surface area contributed by atoms with Crippen LogP contribution < -0.4 is 0 Å². The van der Waals surface area contributed by atoms with Crippen molar-refractivity contribution >= 4 is 0 Å². The Hall–Kier alpha value is -0.920. The number of hydrogen-bond acceptors (Lipinski definition) is 23. The molecule has 434 valence electrons. The molecule has 0 aromatic rings. The second kappa shape index (κ2) is 23.1. The van der Waals surface area contributed by atoms with Crippen molar-refractivity contribution in [2.75, 3.05) is 33.5 Å². The Morgan fingerprint density at radius 1 is 0.560 bits per heavy atom. The molecule has 4 aliphatic carbocycles. The van der Waals surface area contributed by atoms with E-state index in [0.717, 1.165) is 38.5 Å². The van der Waals surface area contributed by atoms with Gasteiger partial charge in [0.2, 0.25) is 0 Å². The van der Waals surface area contributed by atoms with Gasteiger partial charge in [-0.2, -0.15) is 0 Å². The quantitative estimate of drug-likeness (QED) is 0.0725. The molecule has 9 aliphatic rings. The second-order valence-corrected chi connectivity index (χ2v) is 24.4. The van der Waals surface area contributed by atoms with E-state index in [1.165, 1.54) is 6.92 Å². The van der Waals surface area contributed by atoms with Gasteiger partial charge in [0, 0.05) is 19.4 Å². The summed E-state index contributed by atoms with van der Waals surface area (Å²) in [7, 11) is 1.72. The van der Waals surface area contributed by atoms with Crippen LogP contribution in [0.3, 0.4) is 0 Å². The molecule has 0 radical (unpaired) electrons. The highest BCUT2D eigenvalue weighted by atomic mass is 16.8. The predicted molar refractivity (Wildman–Crippen MR) is 255 cm³/mol. The van der Waals surface area contributed by atoms with E-state index in [0.29, 0.717) is 49.4 Å². The highest BCUT2D eigenvalue weighted by Crippen LogP contribution is 2.71. The van der Waals surface area contributed by atoms with E-state index >= 15 is 0 Å². The molecule has 0 aromatic heterocycles. The van der Waals surface area contributed by atoms with Gasteiger partial charge in [-0.3, -0.25) is 0 Å². The number of aliphatic hydroxyl groups is 13. The van der Waals surface area contributed by atoms with Crippen molar-refractivity contribution in [1.29, 1.82) is 0 Å². The van der Waals surface area contributed by atoms with Crippen LogP contribution >= 0.6 is 0 Å². The summed E-state index contributed by atoms with van der Waals surface area (Å²) in [6.07, 6.45) is -21.8. The maximum atomic E-state index is 12.1. The number of fused-ring (bicyclic) bond motifs is 7. The lowest BCUT2D eigenvalue weighted by Gasteiger charge is -2.61. The second-order valence-electron chi connectivity index (χ2n) is 24.4. The molecular weight excluding hydrogens is 993 g/mol. The first-order valence-corrected chi connectivity index (χ1v) is 27.6. The molecule has 9 fully saturated rings. The zero-order chi connectivity index (χ0) is 54.2. The summed E-state index contributed by atoms with van der Waals surface area (Å²) in [6.45, 7) is 8.89. The summed E-state index contributed by atoms with van der Waals surface area (Å²) < 4.78 is 61.4. The molecule has 0 unspecified atom stereocenters. The zero-order valence-electron chi connectivity index (χ0n) is 44.0. The normalized spacial score (nSPS) is 55.4. The number of hydrogen-bond donors (Lipinski definition) is 13. The minimum absolute atomic E-state index is 0.000229.